The first-order valence-electron chi connectivity index (χ1n) is 11.5. The quantitative estimate of drug-likeness (QED) is 0.412. The van der Waals surface area contributed by atoms with E-state index in [9.17, 15) is 9.59 Å². The summed E-state index contributed by atoms with van der Waals surface area (Å²) in [6.07, 6.45) is 4.75. The normalized spacial score (nSPS) is 14.9. The van der Waals surface area contributed by atoms with E-state index >= 15 is 0 Å². The van der Waals surface area contributed by atoms with Crippen LogP contribution < -0.4 is 16.2 Å². The molecule has 1 aliphatic heterocycles. The lowest BCUT2D eigenvalue weighted by molar-refractivity contribution is -0.124. The van der Waals surface area contributed by atoms with Crippen LogP contribution in [0.15, 0.2) is 47.5 Å². The number of carbonyl (C=O) groups is 1. The lowest BCUT2D eigenvalue weighted by atomic mass is 10.1. The van der Waals surface area contributed by atoms with Gasteiger partial charge in [-0.25, -0.2) is 4.98 Å². The van der Waals surface area contributed by atoms with Gasteiger partial charge in [-0.1, -0.05) is 29.3 Å². The summed E-state index contributed by atoms with van der Waals surface area (Å²) in [7, 11) is 0. The van der Waals surface area contributed by atoms with E-state index in [0.29, 0.717) is 25.9 Å². The lowest BCUT2D eigenvalue weighted by Crippen LogP contribution is -2.36. The first-order valence-corrected chi connectivity index (χ1v) is 11.5. The van der Waals surface area contributed by atoms with Gasteiger partial charge < -0.3 is 15.6 Å². The first kappa shape index (κ1) is 21.9. The van der Waals surface area contributed by atoms with Crippen molar-refractivity contribution in [2.24, 2.45) is 0 Å². The van der Waals surface area contributed by atoms with Gasteiger partial charge in [0.2, 0.25) is 5.91 Å². The summed E-state index contributed by atoms with van der Waals surface area (Å²) in [5.74, 6) is 0.0985. The van der Waals surface area contributed by atoms with Gasteiger partial charge in [0, 0.05) is 46.9 Å². The highest BCUT2D eigenvalue weighted by Gasteiger charge is 2.30. The molecule has 4 heterocycles. The molecule has 0 radical (unpaired) electrons. The summed E-state index contributed by atoms with van der Waals surface area (Å²) < 4.78 is 1.59. The molecular formula is C26H28N6O2. The minimum atomic E-state index is -0.541. The summed E-state index contributed by atoms with van der Waals surface area (Å²) in [5.41, 5.74) is 6.78. The third-order valence-corrected chi connectivity index (χ3v) is 6.25. The fraction of sp³-hybridized carbons (Fsp3) is 0.308. The van der Waals surface area contributed by atoms with Gasteiger partial charge in [-0.2, -0.15) is 0 Å². The highest BCUT2D eigenvalue weighted by molar-refractivity contribution is 5.82. The molecule has 0 fully saturated rings. The Morgan fingerprint density at radius 1 is 1.06 bits per heavy atom. The number of aryl methyl sites for hydroxylation is 4. The van der Waals surface area contributed by atoms with Crippen LogP contribution in [0.5, 0.6) is 0 Å². The third-order valence-electron chi connectivity index (χ3n) is 6.25. The van der Waals surface area contributed by atoms with Crippen molar-refractivity contribution in [3.8, 4) is 0 Å². The number of carbonyl (C=O) groups excluding carboxylic acids is 1. The lowest BCUT2D eigenvalue weighted by Gasteiger charge is -2.16. The molecule has 174 valence electrons. The summed E-state index contributed by atoms with van der Waals surface area (Å²) in [5, 5.41) is 7.15. The highest BCUT2D eigenvalue weighted by atomic mass is 16.2. The van der Waals surface area contributed by atoms with Gasteiger partial charge in [0.15, 0.2) is 5.82 Å². The fourth-order valence-corrected chi connectivity index (χ4v) is 4.75. The number of aromatic nitrogens is 4. The van der Waals surface area contributed by atoms with E-state index < -0.39 is 6.04 Å². The fourth-order valence-electron chi connectivity index (χ4n) is 4.75. The maximum Gasteiger partial charge on any atom is 0.294 e. The van der Waals surface area contributed by atoms with Crippen molar-refractivity contribution in [1.82, 2.24) is 24.8 Å². The standard InChI is InChI=1S/C26H28N6O2/c1-15-6-16(2)8-18(7-15)11-28-24-26(34)32-21(14-29-24)4-5-23(32)25(33)30-13-20-10-19-12-27-17(3)9-22(19)31-20/h6-10,12,14,23,31H,4-5,11,13H2,1-3H3,(H,28,29)(H,30,33)/t23-/m0/s1. The summed E-state index contributed by atoms with van der Waals surface area (Å²) in [6.45, 7) is 6.90. The van der Waals surface area contributed by atoms with Crippen LogP contribution in [0.25, 0.3) is 10.9 Å². The number of pyridine rings is 1. The smallest absolute Gasteiger partial charge is 0.294 e. The molecule has 3 aromatic heterocycles. The Kier molecular flexibility index (Phi) is 5.65. The molecule has 8 nitrogen and oxygen atoms in total. The molecule has 1 amide bonds. The Hall–Kier alpha value is -3.94. The second-order valence-electron chi connectivity index (χ2n) is 9.10. The van der Waals surface area contributed by atoms with E-state index in [4.69, 9.17) is 0 Å². The third kappa shape index (κ3) is 4.31. The molecule has 0 spiro atoms. The minimum Gasteiger partial charge on any atom is -0.361 e. The van der Waals surface area contributed by atoms with Crippen molar-refractivity contribution in [1.29, 1.82) is 0 Å². The Morgan fingerprint density at radius 2 is 1.85 bits per heavy atom. The van der Waals surface area contributed by atoms with Crippen molar-refractivity contribution >= 4 is 22.6 Å². The molecule has 0 saturated carbocycles. The zero-order valence-corrected chi connectivity index (χ0v) is 19.6. The van der Waals surface area contributed by atoms with Gasteiger partial charge >= 0.3 is 0 Å². The zero-order valence-electron chi connectivity index (χ0n) is 19.6. The van der Waals surface area contributed by atoms with Crippen LogP contribution in [0, 0.1) is 20.8 Å². The average Bonchev–Trinajstić information content (AvgIpc) is 3.40. The molecule has 1 aromatic carbocycles. The van der Waals surface area contributed by atoms with E-state index in [2.05, 4.69) is 57.6 Å². The van der Waals surface area contributed by atoms with E-state index in [1.54, 1.807) is 10.8 Å². The van der Waals surface area contributed by atoms with Gasteiger partial charge in [-0.3, -0.25) is 19.1 Å². The van der Waals surface area contributed by atoms with Crippen molar-refractivity contribution in [3.63, 3.8) is 0 Å². The second kappa shape index (κ2) is 8.78. The maximum atomic E-state index is 13.2. The topological polar surface area (TPSA) is 105 Å². The van der Waals surface area contributed by atoms with Crippen LogP contribution in [-0.2, 0) is 24.3 Å². The van der Waals surface area contributed by atoms with Crippen LogP contribution in [0.4, 0.5) is 5.82 Å². The van der Waals surface area contributed by atoms with Crippen molar-refractivity contribution in [3.05, 3.63) is 86.9 Å². The SMILES string of the molecule is Cc1cc(C)cc(CNc2ncc3n(c2=O)[C@H](C(=O)NCc2cc4cnc(C)cc4[nH]2)CC3)c1. The van der Waals surface area contributed by atoms with Crippen LogP contribution in [0.2, 0.25) is 0 Å². The molecule has 0 saturated heterocycles. The molecule has 8 heteroatoms. The zero-order chi connectivity index (χ0) is 23.8. The highest BCUT2D eigenvalue weighted by Crippen LogP contribution is 2.24. The van der Waals surface area contributed by atoms with Crippen molar-refractivity contribution in [2.75, 3.05) is 5.32 Å². The number of aromatic amines is 1. The van der Waals surface area contributed by atoms with Gasteiger partial charge in [-0.15, -0.1) is 0 Å². The Labute approximate surface area is 197 Å². The van der Waals surface area contributed by atoms with E-state index in [0.717, 1.165) is 33.5 Å². The number of amides is 1. The number of benzene rings is 1. The number of hydrogen-bond donors (Lipinski definition) is 3. The number of hydrogen-bond acceptors (Lipinski definition) is 5. The molecule has 4 aromatic rings. The number of H-pyrrole nitrogens is 1. The molecule has 1 atom stereocenters. The van der Waals surface area contributed by atoms with Gasteiger partial charge in [0.05, 0.1) is 6.54 Å². The Morgan fingerprint density at radius 3 is 2.65 bits per heavy atom. The van der Waals surface area contributed by atoms with E-state index in [-0.39, 0.29) is 17.3 Å². The number of rotatable bonds is 6. The minimum absolute atomic E-state index is 0.166. The van der Waals surface area contributed by atoms with E-state index in [1.807, 2.05) is 25.3 Å². The molecule has 5 rings (SSSR count). The predicted octanol–water partition coefficient (Wildman–Crippen LogP) is 3.46. The molecule has 0 unspecified atom stereocenters. The van der Waals surface area contributed by atoms with E-state index in [1.165, 1.54) is 11.1 Å². The summed E-state index contributed by atoms with van der Waals surface area (Å²) >= 11 is 0. The van der Waals surface area contributed by atoms with Gasteiger partial charge in [0.1, 0.15) is 6.04 Å². The largest absolute Gasteiger partial charge is 0.361 e. The van der Waals surface area contributed by atoms with Gasteiger partial charge in [-0.05, 0) is 51.3 Å². The van der Waals surface area contributed by atoms with Gasteiger partial charge in [0.25, 0.3) is 5.56 Å². The molecule has 1 aliphatic rings. The molecular weight excluding hydrogens is 428 g/mol. The van der Waals surface area contributed by atoms with Crippen LogP contribution in [-0.4, -0.2) is 25.4 Å². The summed E-state index contributed by atoms with van der Waals surface area (Å²) in [6, 6.07) is 9.71. The number of fused-ring (bicyclic) bond motifs is 2. The number of nitrogens with zero attached hydrogens (tertiary/aromatic N) is 3. The molecule has 0 bridgehead atoms. The average molecular weight is 457 g/mol. The Balaban J connectivity index is 1.30. The second-order valence-corrected chi connectivity index (χ2v) is 9.10. The van der Waals surface area contributed by atoms with Crippen LogP contribution >= 0.6 is 0 Å². The van der Waals surface area contributed by atoms with Crippen LogP contribution in [0.3, 0.4) is 0 Å². The predicted molar refractivity (Wildman–Crippen MR) is 132 cm³/mol. The Bertz CT molecular complexity index is 1430. The first-order chi connectivity index (χ1) is 16.4. The molecule has 34 heavy (non-hydrogen) atoms. The molecule has 3 N–H and O–H groups in total. The van der Waals surface area contributed by atoms with Crippen molar-refractivity contribution in [2.45, 2.75) is 52.7 Å². The monoisotopic (exact) mass is 456 g/mol. The molecule has 0 aliphatic carbocycles. The number of anilines is 1. The summed E-state index contributed by atoms with van der Waals surface area (Å²) in [4.78, 5) is 38.2. The maximum absolute atomic E-state index is 13.2. The number of nitrogens with one attached hydrogen (secondary N) is 3. The van der Waals surface area contributed by atoms with Crippen LogP contribution in [0.1, 0.15) is 46.2 Å². The van der Waals surface area contributed by atoms with Crippen molar-refractivity contribution < 1.29 is 4.79 Å².